The average Bonchev–Trinajstić information content (AvgIpc) is 2.39. The highest BCUT2D eigenvalue weighted by molar-refractivity contribution is 9.10. The highest BCUT2D eigenvalue weighted by Gasteiger charge is 2.21. The lowest BCUT2D eigenvalue weighted by atomic mass is 9.98. The van der Waals surface area contributed by atoms with Gasteiger partial charge in [0.2, 0.25) is 0 Å². The van der Waals surface area contributed by atoms with Crippen molar-refractivity contribution in [2.45, 2.75) is 19.3 Å². The highest BCUT2D eigenvalue weighted by atomic mass is 79.9. The van der Waals surface area contributed by atoms with Gasteiger partial charge < -0.3 is 4.74 Å². The van der Waals surface area contributed by atoms with Crippen LogP contribution in [0.3, 0.4) is 0 Å². The average molecular weight is 334 g/mol. The van der Waals surface area contributed by atoms with Crippen LogP contribution in [0.15, 0.2) is 28.7 Å². The van der Waals surface area contributed by atoms with Crippen molar-refractivity contribution in [2.24, 2.45) is 5.92 Å². The molecule has 0 bridgehead atoms. The molecule has 0 atom stereocenters. The van der Waals surface area contributed by atoms with E-state index in [0.29, 0.717) is 12.5 Å². The summed E-state index contributed by atoms with van der Waals surface area (Å²) in [6.07, 6.45) is -0.359. The van der Waals surface area contributed by atoms with Crippen molar-refractivity contribution in [3.63, 3.8) is 0 Å². The number of nitrogens with zero attached hydrogens (tertiary/aromatic N) is 1. The van der Waals surface area contributed by atoms with Crippen LogP contribution in [-0.2, 0) is 0 Å². The number of hydrogen-bond acceptors (Lipinski definition) is 2. The molecule has 0 unspecified atom stereocenters. The number of halogens is 3. The van der Waals surface area contributed by atoms with E-state index in [9.17, 15) is 8.78 Å². The Bertz CT molecular complexity index is 378. The maximum absolute atomic E-state index is 12.2. The molecule has 1 heterocycles. The monoisotopic (exact) mass is 333 g/mol. The first-order chi connectivity index (χ1) is 9.13. The molecule has 0 radical (unpaired) electrons. The fourth-order valence-electron chi connectivity index (χ4n) is 2.28. The number of hydrogen-bond donors (Lipinski definition) is 0. The van der Waals surface area contributed by atoms with Gasteiger partial charge in [0.15, 0.2) is 0 Å². The first-order valence-corrected chi connectivity index (χ1v) is 7.31. The van der Waals surface area contributed by atoms with Crippen LogP contribution < -0.4 is 4.74 Å². The van der Waals surface area contributed by atoms with Crippen LogP contribution in [0.5, 0.6) is 5.75 Å². The lowest BCUT2D eigenvalue weighted by Gasteiger charge is -2.31. The van der Waals surface area contributed by atoms with Gasteiger partial charge in [-0.2, -0.15) is 0 Å². The Morgan fingerprint density at radius 1 is 1.21 bits per heavy atom. The Morgan fingerprint density at radius 2 is 1.84 bits per heavy atom. The van der Waals surface area contributed by atoms with Gasteiger partial charge in [0, 0.05) is 4.47 Å². The van der Waals surface area contributed by atoms with Gasteiger partial charge in [-0.25, -0.2) is 8.78 Å². The summed E-state index contributed by atoms with van der Waals surface area (Å²) in [7, 11) is 0. The number of alkyl halides is 2. The summed E-state index contributed by atoms with van der Waals surface area (Å²) >= 11 is 3.38. The first kappa shape index (κ1) is 14.7. The van der Waals surface area contributed by atoms with Crippen LogP contribution in [0, 0.1) is 5.92 Å². The normalized spacial score (nSPS) is 17.9. The molecule has 106 valence electrons. The van der Waals surface area contributed by atoms with Gasteiger partial charge in [0.1, 0.15) is 5.75 Å². The Balaban J connectivity index is 1.69. The van der Waals surface area contributed by atoms with Gasteiger partial charge in [-0.05, 0) is 56.1 Å². The van der Waals surface area contributed by atoms with E-state index in [2.05, 4.69) is 15.9 Å². The maximum Gasteiger partial charge on any atom is 0.251 e. The zero-order chi connectivity index (χ0) is 13.7. The van der Waals surface area contributed by atoms with Gasteiger partial charge in [0.05, 0.1) is 13.2 Å². The van der Waals surface area contributed by atoms with E-state index in [0.717, 1.165) is 36.2 Å². The molecule has 1 aromatic rings. The van der Waals surface area contributed by atoms with E-state index < -0.39 is 6.43 Å². The van der Waals surface area contributed by atoms with E-state index in [1.54, 1.807) is 0 Å². The second-order valence-corrected chi connectivity index (χ2v) is 5.82. The smallest absolute Gasteiger partial charge is 0.251 e. The molecule has 19 heavy (non-hydrogen) atoms. The number of likely N-dealkylation sites (tertiary alicyclic amines) is 1. The van der Waals surface area contributed by atoms with Gasteiger partial charge in [-0.15, -0.1) is 0 Å². The minimum absolute atomic E-state index is 0.0969. The van der Waals surface area contributed by atoms with Crippen LogP contribution in [0.25, 0.3) is 0 Å². The summed E-state index contributed by atoms with van der Waals surface area (Å²) in [6, 6.07) is 7.74. The van der Waals surface area contributed by atoms with E-state index in [4.69, 9.17) is 4.74 Å². The minimum atomic E-state index is -2.23. The van der Waals surface area contributed by atoms with Crippen molar-refractivity contribution < 1.29 is 13.5 Å². The van der Waals surface area contributed by atoms with E-state index >= 15 is 0 Å². The molecule has 1 aromatic carbocycles. The Morgan fingerprint density at radius 3 is 2.42 bits per heavy atom. The maximum atomic E-state index is 12.2. The van der Waals surface area contributed by atoms with E-state index in [1.165, 1.54) is 0 Å². The zero-order valence-electron chi connectivity index (χ0n) is 10.7. The molecule has 0 aromatic heterocycles. The predicted octanol–water partition coefficient (Wildman–Crippen LogP) is 3.81. The molecule has 1 aliphatic rings. The summed E-state index contributed by atoms with van der Waals surface area (Å²) in [5.41, 5.74) is 0. The first-order valence-electron chi connectivity index (χ1n) is 6.52. The molecule has 1 aliphatic heterocycles. The molecule has 1 fully saturated rings. The minimum Gasteiger partial charge on any atom is -0.493 e. The summed E-state index contributed by atoms with van der Waals surface area (Å²) in [6.45, 7) is 2.07. The fourth-order valence-corrected chi connectivity index (χ4v) is 2.54. The number of benzene rings is 1. The second kappa shape index (κ2) is 7.20. The van der Waals surface area contributed by atoms with Gasteiger partial charge >= 0.3 is 0 Å². The quantitative estimate of drug-likeness (QED) is 0.812. The lowest BCUT2D eigenvalue weighted by Crippen LogP contribution is -2.38. The number of rotatable bonds is 5. The molecule has 0 N–H and O–H groups in total. The molecule has 0 amide bonds. The summed E-state index contributed by atoms with van der Waals surface area (Å²) in [5, 5.41) is 0. The molecule has 0 saturated carbocycles. The zero-order valence-corrected chi connectivity index (χ0v) is 12.3. The number of ether oxygens (including phenoxy) is 1. The fraction of sp³-hybridized carbons (Fsp3) is 0.571. The molecule has 0 spiro atoms. The number of piperidine rings is 1. The van der Waals surface area contributed by atoms with E-state index in [1.807, 2.05) is 29.2 Å². The van der Waals surface area contributed by atoms with Crippen LogP contribution in [0.2, 0.25) is 0 Å². The van der Waals surface area contributed by atoms with Crippen LogP contribution >= 0.6 is 15.9 Å². The van der Waals surface area contributed by atoms with Crippen molar-refractivity contribution in [2.75, 3.05) is 26.2 Å². The van der Waals surface area contributed by atoms with Gasteiger partial charge in [-0.3, -0.25) is 4.90 Å². The third-order valence-corrected chi connectivity index (χ3v) is 3.93. The summed E-state index contributed by atoms with van der Waals surface area (Å²) in [5.74, 6) is 1.33. The topological polar surface area (TPSA) is 12.5 Å². The molecule has 5 heteroatoms. The summed E-state index contributed by atoms with van der Waals surface area (Å²) in [4.78, 5) is 1.83. The van der Waals surface area contributed by atoms with E-state index in [-0.39, 0.29) is 6.54 Å². The standard InChI is InChI=1S/C14H18BrF2NO/c15-12-1-3-13(4-2-12)19-10-11-5-7-18(8-6-11)9-14(16)17/h1-4,11,14H,5-10H2. The van der Waals surface area contributed by atoms with Crippen molar-refractivity contribution in [1.29, 1.82) is 0 Å². The largest absolute Gasteiger partial charge is 0.493 e. The Kier molecular flexibility index (Phi) is 5.58. The van der Waals surface area contributed by atoms with Crippen molar-refractivity contribution in [3.8, 4) is 5.75 Å². The predicted molar refractivity (Wildman–Crippen MR) is 74.8 cm³/mol. The molecule has 2 rings (SSSR count). The molecular weight excluding hydrogens is 316 g/mol. The third-order valence-electron chi connectivity index (χ3n) is 3.40. The Hall–Kier alpha value is -0.680. The molecule has 1 saturated heterocycles. The second-order valence-electron chi connectivity index (χ2n) is 4.90. The molecule has 0 aliphatic carbocycles. The van der Waals surface area contributed by atoms with Crippen molar-refractivity contribution in [1.82, 2.24) is 4.90 Å². The van der Waals surface area contributed by atoms with Crippen LogP contribution in [0.4, 0.5) is 8.78 Å². The Labute approximate surface area is 120 Å². The lowest BCUT2D eigenvalue weighted by molar-refractivity contribution is 0.0620. The molecular formula is C14H18BrF2NO. The van der Waals surface area contributed by atoms with Crippen LogP contribution in [0.1, 0.15) is 12.8 Å². The van der Waals surface area contributed by atoms with Gasteiger partial charge in [0.25, 0.3) is 6.43 Å². The highest BCUT2D eigenvalue weighted by Crippen LogP contribution is 2.21. The van der Waals surface area contributed by atoms with Crippen LogP contribution in [-0.4, -0.2) is 37.6 Å². The van der Waals surface area contributed by atoms with Gasteiger partial charge in [-0.1, -0.05) is 15.9 Å². The van der Waals surface area contributed by atoms with Crippen molar-refractivity contribution >= 4 is 15.9 Å². The third kappa shape index (κ3) is 5.07. The SMILES string of the molecule is FC(F)CN1CCC(COc2ccc(Br)cc2)CC1. The molecule has 2 nitrogen and oxygen atoms in total. The van der Waals surface area contributed by atoms with Crippen molar-refractivity contribution in [3.05, 3.63) is 28.7 Å². The summed E-state index contributed by atoms with van der Waals surface area (Å²) < 4.78 is 31.3.